The van der Waals surface area contributed by atoms with Crippen molar-refractivity contribution < 1.29 is 35.6 Å². The molecule has 7 aromatic carbocycles. The summed E-state index contributed by atoms with van der Waals surface area (Å²) in [4.78, 5) is 11.8. The van der Waals surface area contributed by atoms with Gasteiger partial charge >= 0.3 is 0 Å². The molecule has 16 heteroatoms. The maximum absolute atomic E-state index is 12.3. The highest BCUT2D eigenvalue weighted by molar-refractivity contribution is 5.78. The van der Waals surface area contributed by atoms with Crippen LogP contribution < -0.4 is 36.4 Å². The van der Waals surface area contributed by atoms with Gasteiger partial charge in [0.2, 0.25) is 0 Å². The fraction of sp³-hybridized carbons (Fsp3) is 0.222. The molecule has 0 aliphatic heterocycles. The number of aryl methyl sites for hydroxylation is 12. The van der Waals surface area contributed by atoms with E-state index in [-0.39, 0.29) is 40.2 Å². The molecular formula is C54H60N8O8. The minimum atomic E-state index is -0.488. The Labute approximate surface area is 407 Å². The number of hydrogen-bond acceptors (Lipinski definition) is 15. The average Bonchev–Trinajstić information content (AvgIpc) is 3.30. The second-order valence-corrected chi connectivity index (χ2v) is 18.1. The van der Waals surface area contributed by atoms with E-state index < -0.39 is 4.92 Å². The molecule has 0 aromatic heterocycles. The summed E-state index contributed by atoms with van der Waals surface area (Å²) in [6.07, 6.45) is 0. The van der Waals surface area contributed by atoms with Crippen molar-refractivity contribution in [3.63, 3.8) is 0 Å². The highest BCUT2D eigenvalue weighted by Crippen LogP contribution is 2.43. The van der Waals surface area contributed by atoms with Crippen LogP contribution in [0.2, 0.25) is 0 Å². The predicted molar refractivity (Wildman–Crippen MR) is 278 cm³/mol. The molecule has 0 saturated heterocycles. The Morgan fingerprint density at radius 2 is 0.614 bits per heavy atom. The summed E-state index contributed by atoms with van der Waals surface area (Å²) >= 11 is 0. The van der Waals surface area contributed by atoms with Crippen molar-refractivity contribution in [3.05, 3.63) is 174 Å². The number of nitro groups is 1. The Bertz CT molecular complexity index is 3060. The van der Waals surface area contributed by atoms with Gasteiger partial charge in [0.05, 0.1) is 44.7 Å². The maximum atomic E-state index is 12.3. The molecule has 0 bridgehead atoms. The Morgan fingerprint density at radius 3 is 0.914 bits per heavy atom. The molecule has 0 heterocycles. The van der Waals surface area contributed by atoms with Gasteiger partial charge in [0, 0.05) is 12.1 Å². The summed E-state index contributed by atoms with van der Waals surface area (Å²) in [6, 6.07) is 27.5. The summed E-state index contributed by atoms with van der Waals surface area (Å²) in [5.41, 5.74) is 16.4. The van der Waals surface area contributed by atoms with Crippen molar-refractivity contribution in [2.45, 2.75) is 83.1 Å². The fourth-order valence-electron chi connectivity index (χ4n) is 8.57. The average molecular weight is 949 g/mol. The van der Waals surface area contributed by atoms with E-state index >= 15 is 0 Å². The van der Waals surface area contributed by atoms with Crippen LogP contribution >= 0.6 is 0 Å². The number of phenols is 6. The van der Waals surface area contributed by atoms with Gasteiger partial charge in [-0.2, -0.15) is 25.6 Å². The minimum Gasteiger partial charge on any atom is -0.507 e. The molecule has 0 fully saturated rings. The van der Waals surface area contributed by atoms with Crippen LogP contribution in [0.15, 0.2) is 97.1 Å². The first-order valence-corrected chi connectivity index (χ1v) is 22.5. The van der Waals surface area contributed by atoms with Crippen molar-refractivity contribution in [1.82, 2.24) is 0 Å². The molecule has 0 unspecified atom stereocenters. The van der Waals surface area contributed by atoms with Crippen molar-refractivity contribution in [2.75, 3.05) is 36.4 Å². The molecule has 0 aliphatic carbocycles. The van der Waals surface area contributed by atoms with Gasteiger partial charge in [-0.25, -0.2) is 0 Å². The molecule has 70 heavy (non-hydrogen) atoms. The van der Waals surface area contributed by atoms with E-state index in [1.807, 2.05) is 0 Å². The van der Waals surface area contributed by atoms with Crippen LogP contribution in [0.5, 0.6) is 34.5 Å². The number of anilines is 7. The highest BCUT2D eigenvalue weighted by Gasteiger charge is 2.37. The summed E-state index contributed by atoms with van der Waals surface area (Å²) in [5, 5.41) is 88.8. The molecule has 8 N–H and O–H groups in total. The Kier molecular flexibility index (Phi) is 13.5. The van der Waals surface area contributed by atoms with Gasteiger partial charge in [0.25, 0.3) is 5.69 Å². The lowest BCUT2D eigenvalue weighted by Gasteiger charge is -2.52. The molecule has 7 aromatic rings. The summed E-state index contributed by atoms with van der Waals surface area (Å²) in [7, 11) is 0. The van der Waals surface area contributed by atoms with Crippen LogP contribution in [0.25, 0.3) is 0 Å². The van der Waals surface area contributed by atoms with Crippen LogP contribution in [-0.4, -0.2) is 35.6 Å². The molecule has 364 valence electrons. The topological polar surface area (TPSA) is 205 Å². The molecule has 0 radical (unpaired) electrons. The van der Waals surface area contributed by atoms with E-state index in [2.05, 4.69) is 10.9 Å². The Morgan fingerprint density at radius 1 is 0.357 bits per heavy atom. The standard InChI is InChI=1S/C54H60N8O8/c1-29-16-42(17-30(2)49(29)63)56-58(45-20-33(5)51(65)34(6)21-45)60(47-24-37(9)53(67)38(10)25-47)61(48-26-39(11)54(68)40(12)27-48)59(46-22-35(7)52(66)36(8)23-46)57(44-18-31(3)50(64)32(4)19-44)55-41-14-13-15-43(28-41)62(69)70/h13-28,55-56,63-68H,1-12H3. The van der Waals surface area contributed by atoms with Crippen molar-refractivity contribution in [2.24, 2.45) is 0 Å². The smallest absolute Gasteiger partial charge is 0.271 e. The third-order valence-electron chi connectivity index (χ3n) is 12.3. The Balaban J connectivity index is 1.72. The van der Waals surface area contributed by atoms with Gasteiger partial charge < -0.3 is 30.6 Å². The van der Waals surface area contributed by atoms with Crippen LogP contribution in [0.4, 0.5) is 45.5 Å². The van der Waals surface area contributed by atoms with Crippen LogP contribution in [0.1, 0.15) is 66.8 Å². The van der Waals surface area contributed by atoms with Crippen LogP contribution in [-0.2, 0) is 0 Å². The molecule has 16 nitrogen and oxygen atoms in total. The van der Waals surface area contributed by atoms with E-state index in [1.165, 1.54) is 12.1 Å². The molecule has 0 atom stereocenters. The van der Waals surface area contributed by atoms with Gasteiger partial charge in [-0.05, 0) is 229 Å². The molecular weight excluding hydrogens is 889 g/mol. The number of non-ortho nitro benzene ring substituents is 1. The highest BCUT2D eigenvalue weighted by atomic mass is 16.6. The van der Waals surface area contributed by atoms with Gasteiger partial charge in [0.15, 0.2) is 0 Å². The zero-order chi connectivity index (χ0) is 51.2. The zero-order valence-corrected chi connectivity index (χ0v) is 41.4. The van der Waals surface area contributed by atoms with E-state index in [4.69, 9.17) is 0 Å². The molecule has 0 amide bonds. The lowest BCUT2D eigenvalue weighted by atomic mass is 10.1. The number of benzene rings is 7. The molecule has 0 saturated carbocycles. The monoisotopic (exact) mass is 948 g/mol. The first-order chi connectivity index (χ1) is 32.9. The zero-order valence-electron chi connectivity index (χ0n) is 41.4. The number of rotatable bonds is 14. The third-order valence-corrected chi connectivity index (χ3v) is 12.3. The number of hydrogen-bond donors (Lipinski definition) is 8. The van der Waals surface area contributed by atoms with Gasteiger partial charge in [-0.1, -0.05) is 6.07 Å². The quantitative estimate of drug-likeness (QED) is 0.0290. The summed E-state index contributed by atoms with van der Waals surface area (Å²) < 4.78 is 0. The van der Waals surface area contributed by atoms with Crippen molar-refractivity contribution in [3.8, 4) is 34.5 Å². The fourth-order valence-corrected chi connectivity index (χ4v) is 8.57. The number of phenolic OH excluding ortho intramolecular Hbond substituents is 6. The van der Waals surface area contributed by atoms with E-state index in [0.29, 0.717) is 107 Å². The molecule has 0 spiro atoms. The van der Waals surface area contributed by atoms with Gasteiger partial charge in [-0.3, -0.25) is 21.0 Å². The molecule has 7 rings (SSSR count). The second-order valence-electron chi connectivity index (χ2n) is 18.1. The second kappa shape index (κ2) is 19.1. The number of nitrogens with one attached hydrogen (secondary N) is 2. The first kappa shape index (κ1) is 49.3. The number of nitro benzene ring substituents is 1. The predicted octanol–water partition coefficient (Wildman–Crippen LogP) is 12.1. The van der Waals surface area contributed by atoms with E-state index in [9.17, 15) is 40.8 Å². The number of aromatic hydroxyl groups is 6. The summed E-state index contributed by atoms with van der Waals surface area (Å²) in [6.45, 7) is 21.3. The number of hydrazine groups is 6. The Hall–Kier alpha value is -8.66. The first-order valence-electron chi connectivity index (χ1n) is 22.5. The van der Waals surface area contributed by atoms with Crippen LogP contribution in [0, 0.1) is 93.2 Å². The minimum absolute atomic E-state index is 0.0548. The SMILES string of the molecule is Cc1cc(NN(c2cc(C)c(O)c(C)c2)N(c2cc(C)c(O)c(C)c2)N(c2cc(C)c(O)c(C)c2)N(c2cc(C)c(O)c(C)c2)N(Nc2cccc([N+](=O)[O-])c2)c2cc(C)c(O)c(C)c2)cc(C)c1O. The van der Waals surface area contributed by atoms with E-state index in [0.717, 1.165) is 0 Å². The lowest BCUT2D eigenvalue weighted by Crippen LogP contribution is -2.68. The van der Waals surface area contributed by atoms with Crippen molar-refractivity contribution in [1.29, 1.82) is 0 Å². The normalized spacial score (nSPS) is 11.0. The third kappa shape index (κ3) is 9.56. The largest absolute Gasteiger partial charge is 0.507 e. The van der Waals surface area contributed by atoms with Gasteiger partial charge in [-0.15, -0.1) is 0 Å². The van der Waals surface area contributed by atoms with E-state index in [1.54, 1.807) is 194 Å². The number of nitrogens with zero attached hydrogens (tertiary/aromatic N) is 6. The van der Waals surface area contributed by atoms with Crippen molar-refractivity contribution >= 4 is 45.5 Å². The van der Waals surface area contributed by atoms with Gasteiger partial charge in [0.1, 0.15) is 34.5 Å². The lowest BCUT2D eigenvalue weighted by molar-refractivity contribution is -0.384. The van der Waals surface area contributed by atoms with Crippen LogP contribution in [0.3, 0.4) is 0 Å². The molecule has 0 aliphatic rings. The summed E-state index contributed by atoms with van der Waals surface area (Å²) in [5.74, 6) is 0.454. The maximum Gasteiger partial charge on any atom is 0.271 e.